The van der Waals surface area contributed by atoms with Crippen LogP contribution < -0.4 is 10.6 Å². The number of aryl methyl sites for hydroxylation is 1. The van der Waals surface area contributed by atoms with Crippen molar-refractivity contribution >= 4 is 17.8 Å². The van der Waals surface area contributed by atoms with Crippen molar-refractivity contribution < 1.29 is 19.5 Å². The lowest BCUT2D eigenvalue weighted by Crippen LogP contribution is -2.45. The molecule has 6 heteroatoms. The smallest absolute Gasteiger partial charge is 0.303 e. The molecule has 0 bridgehead atoms. The number of amides is 2. The van der Waals surface area contributed by atoms with Crippen LogP contribution in [0.1, 0.15) is 28.8 Å². The number of aliphatic carboxylic acids is 1. The highest BCUT2D eigenvalue weighted by atomic mass is 16.4. The van der Waals surface area contributed by atoms with Crippen LogP contribution in [0.5, 0.6) is 0 Å². The standard InChI is InChI=1S/C14H18N2O4/c1-9-3-5-10(6-4-9)13(19)16-11(14(20)15-2)7-8-12(17)18/h3-6,11H,7-8H2,1-2H3,(H,15,20)(H,16,19)(H,17,18)/t11-/m1/s1. The molecule has 0 spiro atoms. The van der Waals surface area contributed by atoms with Gasteiger partial charge in [0, 0.05) is 19.0 Å². The second-order valence-electron chi connectivity index (χ2n) is 4.44. The Bertz CT molecular complexity index is 496. The van der Waals surface area contributed by atoms with Gasteiger partial charge in [-0.2, -0.15) is 0 Å². The molecule has 20 heavy (non-hydrogen) atoms. The SMILES string of the molecule is CNC(=O)[C@@H](CCC(=O)O)NC(=O)c1ccc(C)cc1. The van der Waals surface area contributed by atoms with E-state index in [0.29, 0.717) is 5.56 Å². The maximum absolute atomic E-state index is 12.0. The van der Waals surface area contributed by atoms with E-state index in [1.807, 2.05) is 6.92 Å². The lowest BCUT2D eigenvalue weighted by Gasteiger charge is -2.16. The normalized spacial score (nSPS) is 11.5. The summed E-state index contributed by atoms with van der Waals surface area (Å²) in [5.41, 5.74) is 1.45. The quantitative estimate of drug-likeness (QED) is 0.714. The summed E-state index contributed by atoms with van der Waals surface area (Å²) >= 11 is 0. The number of nitrogens with one attached hydrogen (secondary N) is 2. The highest BCUT2D eigenvalue weighted by Crippen LogP contribution is 2.05. The highest BCUT2D eigenvalue weighted by molar-refractivity contribution is 5.97. The van der Waals surface area contributed by atoms with Crippen LogP contribution >= 0.6 is 0 Å². The third kappa shape index (κ3) is 4.72. The fourth-order valence-corrected chi connectivity index (χ4v) is 1.66. The van der Waals surface area contributed by atoms with Crippen LogP contribution in [0.15, 0.2) is 24.3 Å². The number of likely N-dealkylation sites (N-methyl/N-ethyl adjacent to an activating group) is 1. The van der Waals surface area contributed by atoms with Crippen LogP contribution in [-0.2, 0) is 9.59 Å². The Morgan fingerprint density at radius 1 is 1.20 bits per heavy atom. The minimum atomic E-state index is -1.01. The maximum Gasteiger partial charge on any atom is 0.303 e. The van der Waals surface area contributed by atoms with Gasteiger partial charge in [0.05, 0.1) is 0 Å². The van der Waals surface area contributed by atoms with Crippen LogP contribution in [0.3, 0.4) is 0 Å². The van der Waals surface area contributed by atoms with E-state index >= 15 is 0 Å². The molecule has 0 aliphatic rings. The molecule has 3 N–H and O–H groups in total. The molecule has 0 fully saturated rings. The summed E-state index contributed by atoms with van der Waals surface area (Å²) in [7, 11) is 1.44. The summed E-state index contributed by atoms with van der Waals surface area (Å²) in [4.78, 5) is 34.2. The van der Waals surface area contributed by atoms with Crippen molar-refractivity contribution in [1.82, 2.24) is 10.6 Å². The summed E-state index contributed by atoms with van der Waals surface area (Å²) in [6.45, 7) is 1.90. The lowest BCUT2D eigenvalue weighted by atomic mass is 10.1. The zero-order chi connectivity index (χ0) is 15.1. The molecular weight excluding hydrogens is 260 g/mol. The summed E-state index contributed by atoms with van der Waals surface area (Å²) in [5, 5.41) is 13.6. The van der Waals surface area contributed by atoms with Gasteiger partial charge in [-0.15, -0.1) is 0 Å². The van der Waals surface area contributed by atoms with Crippen LogP contribution in [-0.4, -0.2) is 36.0 Å². The van der Waals surface area contributed by atoms with Crippen molar-refractivity contribution in [3.05, 3.63) is 35.4 Å². The number of carbonyl (C=O) groups is 3. The molecule has 1 aromatic rings. The van der Waals surface area contributed by atoms with Gasteiger partial charge in [0.25, 0.3) is 5.91 Å². The lowest BCUT2D eigenvalue weighted by molar-refractivity contribution is -0.137. The van der Waals surface area contributed by atoms with Gasteiger partial charge in [0.15, 0.2) is 0 Å². The van der Waals surface area contributed by atoms with Gasteiger partial charge in [0.1, 0.15) is 6.04 Å². The average molecular weight is 278 g/mol. The molecule has 0 radical (unpaired) electrons. The number of benzene rings is 1. The fourth-order valence-electron chi connectivity index (χ4n) is 1.66. The monoisotopic (exact) mass is 278 g/mol. The fraction of sp³-hybridized carbons (Fsp3) is 0.357. The Morgan fingerprint density at radius 2 is 1.80 bits per heavy atom. The third-order valence-corrected chi connectivity index (χ3v) is 2.83. The van der Waals surface area contributed by atoms with E-state index in [-0.39, 0.29) is 12.8 Å². The van der Waals surface area contributed by atoms with Gasteiger partial charge in [0.2, 0.25) is 5.91 Å². The Balaban J connectivity index is 2.72. The third-order valence-electron chi connectivity index (χ3n) is 2.83. The van der Waals surface area contributed by atoms with Crippen LogP contribution in [0.25, 0.3) is 0 Å². The zero-order valence-corrected chi connectivity index (χ0v) is 11.5. The van der Waals surface area contributed by atoms with Gasteiger partial charge in [-0.3, -0.25) is 14.4 Å². The zero-order valence-electron chi connectivity index (χ0n) is 11.5. The molecule has 0 unspecified atom stereocenters. The van der Waals surface area contributed by atoms with Crippen molar-refractivity contribution in [1.29, 1.82) is 0 Å². The van der Waals surface area contributed by atoms with Gasteiger partial charge in [-0.25, -0.2) is 0 Å². The van der Waals surface area contributed by atoms with Crippen LogP contribution in [0.2, 0.25) is 0 Å². The summed E-state index contributed by atoms with van der Waals surface area (Å²) in [6.07, 6.45) is -0.140. The van der Waals surface area contributed by atoms with Gasteiger partial charge in [-0.05, 0) is 25.5 Å². The minimum Gasteiger partial charge on any atom is -0.481 e. The summed E-state index contributed by atoms with van der Waals surface area (Å²) in [5.74, 6) is -1.82. The molecule has 0 heterocycles. The van der Waals surface area contributed by atoms with E-state index in [1.54, 1.807) is 24.3 Å². The Kier molecular flexibility index (Phi) is 5.71. The summed E-state index contributed by atoms with van der Waals surface area (Å²) < 4.78 is 0. The van der Waals surface area contributed by atoms with Crippen molar-refractivity contribution in [2.24, 2.45) is 0 Å². The second kappa shape index (κ2) is 7.28. The predicted octanol–water partition coefficient (Wildman–Crippen LogP) is 0.704. The Hall–Kier alpha value is -2.37. The first-order valence-electron chi connectivity index (χ1n) is 6.25. The van der Waals surface area contributed by atoms with Crippen molar-refractivity contribution in [3.63, 3.8) is 0 Å². The topological polar surface area (TPSA) is 95.5 Å². The Morgan fingerprint density at radius 3 is 2.30 bits per heavy atom. The van der Waals surface area contributed by atoms with E-state index in [9.17, 15) is 14.4 Å². The molecule has 0 aliphatic carbocycles. The van der Waals surface area contributed by atoms with Crippen LogP contribution in [0, 0.1) is 6.92 Å². The Labute approximate surface area is 117 Å². The first kappa shape index (κ1) is 15.7. The molecule has 0 saturated heterocycles. The van der Waals surface area contributed by atoms with Crippen molar-refractivity contribution in [2.45, 2.75) is 25.8 Å². The van der Waals surface area contributed by atoms with Crippen molar-refractivity contribution in [3.8, 4) is 0 Å². The average Bonchev–Trinajstić information content (AvgIpc) is 2.42. The molecular formula is C14H18N2O4. The molecule has 0 aromatic heterocycles. The minimum absolute atomic E-state index is 0.0482. The summed E-state index contributed by atoms with van der Waals surface area (Å²) in [6, 6.07) is 6.04. The molecule has 0 aliphatic heterocycles. The first-order chi connectivity index (χ1) is 9.43. The first-order valence-corrected chi connectivity index (χ1v) is 6.25. The van der Waals surface area contributed by atoms with Gasteiger partial charge >= 0.3 is 5.97 Å². The van der Waals surface area contributed by atoms with E-state index in [1.165, 1.54) is 7.05 Å². The number of carboxylic acid groups (broad SMARTS) is 1. The number of hydrogen-bond acceptors (Lipinski definition) is 3. The second-order valence-corrected chi connectivity index (χ2v) is 4.44. The number of rotatable bonds is 6. The number of carbonyl (C=O) groups excluding carboxylic acids is 2. The molecule has 108 valence electrons. The van der Waals surface area contributed by atoms with E-state index in [4.69, 9.17) is 5.11 Å². The molecule has 2 amide bonds. The number of carboxylic acids is 1. The molecule has 1 atom stereocenters. The largest absolute Gasteiger partial charge is 0.481 e. The van der Waals surface area contributed by atoms with Gasteiger partial charge in [-0.1, -0.05) is 17.7 Å². The number of hydrogen-bond donors (Lipinski definition) is 3. The highest BCUT2D eigenvalue weighted by Gasteiger charge is 2.21. The van der Waals surface area contributed by atoms with E-state index in [0.717, 1.165) is 5.56 Å². The molecule has 1 aromatic carbocycles. The van der Waals surface area contributed by atoms with Crippen LogP contribution in [0.4, 0.5) is 0 Å². The van der Waals surface area contributed by atoms with Crippen molar-refractivity contribution in [2.75, 3.05) is 7.05 Å². The maximum atomic E-state index is 12.0. The molecule has 6 nitrogen and oxygen atoms in total. The van der Waals surface area contributed by atoms with Gasteiger partial charge < -0.3 is 15.7 Å². The predicted molar refractivity (Wildman–Crippen MR) is 73.4 cm³/mol. The van der Waals surface area contributed by atoms with E-state index < -0.39 is 23.8 Å². The molecule has 0 saturated carbocycles. The molecule has 1 rings (SSSR count). The van der Waals surface area contributed by atoms with E-state index in [2.05, 4.69) is 10.6 Å².